The highest BCUT2D eigenvalue weighted by atomic mass is 16.5. The van der Waals surface area contributed by atoms with E-state index in [0.29, 0.717) is 0 Å². The largest absolute Gasteiger partial charge is 0.481 e. The lowest BCUT2D eigenvalue weighted by Gasteiger charge is -2.25. The maximum atomic E-state index is 12.8. The zero-order chi connectivity index (χ0) is 19.8. The molecule has 1 aliphatic heterocycles. The van der Waals surface area contributed by atoms with Crippen LogP contribution in [-0.2, 0) is 9.53 Å². The Labute approximate surface area is 167 Å². The Morgan fingerprint density at radius 2 is 1.68 bits per heavy atom. The van der Waals surface area contributed by atoms with Crippen LogP contribution in [0.5, 0.6) is 5.75 Å². The standard InChI is InChI=1S/C23H30N2O3/c1-19(23(26)25-14-6-13-24(15-16-25)17-18-27-2)28-22-11-9-21(10-12-22)20-7-4-3-5-8-20/h3-5,7-12,19H,6,13-18H2,1-2H3/t19-/m1/s1. The number of hydrogen-bond acceptors (Lipinski definition) is 4. The molecule has 0 N–H and O–H groups in total. The van der Waals surface area contributed by atoms with Gasteiger partial charge in [-0.05, 0) is 43.1 Å². The molecular formula is C23H30N2O3. The van der Waals surface area contributed by atoms with Gasteiger partial charge in [-0.1, -0.05) is 42.5 Å². The Morgan fingerprint density at radius 1 is 0.964 bits per heavy atom. The van der Waals surface area contributed by atoms with Crippen molar-refractivity contribution < 1.29 is 14.3 Å². The van der Waals surface area contributed by atoms with E-state index in [4.69, 9.17) is 9.47 Å². The van der Waals surface area contributed by atoms with Crippen molar-refractivity contribution in [3.05, 3.63) is 54.6 Å². The molecule has 1 aliphatic rings. The number of benzene rings is 2. The van der Waals surface area contributed by atoms with Crippen molar-refractivity contribution >= 4 is 5.91 Å². The SMILES string of the molecule is COCCN1CCCN(C(=O)[C@@H](C)Oc2ccc(-c3ccccc3)cc2)CC1. The summed E-state index contributed by atoms with van der Waals surface area (Å²) in [4.78, 5) is 17.1. The Morgan fingerprint density at radius 3 is 2.39 bits per heavy atom. The van der Waals surface area contributed by atoms with Crippen LogP contribution in [0.2, 0.25) is 0 Å². The first-order chi connectivity index (χ1) is 13.7. The van der Waals surface area contributed by atoms with Crippen LogP contribution in [0, 0.1) is 0 Å². The number of ether oxygens (including phenoxy) is 2. The van der Waals surface area contributed by atoms with Crippen molar-refractivity contribution in [1.82, 2.24) is 9.80 Å². The summed E-state index contributed by atoms with van der Waals surface area (Å²) in [6.45, 7) is 6.88. The van der Waals surface area contributed by atoms with Gasteiger partial charge in [-0.15, -0.1) is 0 Å². The van der Waals surface area contributed by atoms with Crippen LogP contribution >= 0.6 is 0 Å². The highest BCUT2D eigenvalue weighted by molar-refractivity contribution is 5.81. The van der Waals surface area contributed by atoms with Gasteiger partial charge in [-0.25, -0.2) is 0 Å². The van der Waals surface area contributed by atoms with Crippen molar-refractivity contribution in [3.63, 3.8) is 0 Å². The minimum Gasteiger partial charge on any atom is -0.481 e. The lowest BCUT2D eigenvalue weighted by molar-refractivity contribution is -0.137. The molecular weight excluding hydrogens is 352 g/mol. The molecule has 150 valence electrons. The zero-order valence-electron chi connectivity index (χ0n) is 16.8. The van der Waals surface area contributed by atoms with Crippen molar-refractivity contribution in [2.24, 2.45) is 0 Å². The molecule has 0 radical (unpaired) electrons. The van der Waals surface area contributed by atoms with E-state index in [1.807, 2.05) is 54.3 Å². The first-order valence-corrected chi connectivity index (χ1v) is 9.99. The molecule has 1 heterocycles. The van der Waals surface area contributed by atoms with E-state index in [1.165, 1.54) is 5.56 Å². The summed E-state index contributed by atoms with van der Waals surface area (Å²) >= 11 is 0. The van der Waals surface area contributed by atoms with Gasteiger partial charge in [0.2, 0.25) is 0 Å². The third-order valence-electron chi connectivity index (χ3n) is 5.13. The van der Waals surface area contributed by atoms with Gasteiger partial charge in [0.15, 0.2) is 6.10 Å². The molecule has 0 unspecified atom stereocenters. The summed E-state index contributed by atoms with van der Waals surface area (Å²) in [5, 5.41) is 0. The molecule has 1 amide bonds. The van der Waals surface area contributed by atoms with Gasteiger partial charge in [0.05, 0.1) is 6.61 Å². The summed E-state index contributed by atoms with van der Waals surface area (Å²) in [5.41, 5.74) is 2.30. The van der Waals surface area contributed by atoms with Crippen molar-refractivity contribution in [1.29, 1.82) is 0 Å². The molecule has 0 saturated carbocycles. The van der Waals surface area contributed by atoms with Gasteiger partial charge >= 0.3 is 0 Å². The highest BCUT2D eigenvalue weighted by Gasteiger charge is 2.24. The molecule has 1 fully saturated rings. The quantitative estimate of drug-likeness (QED) is 0.737. The van der Waals surface area contributed by atoms with E-state index >= 15 is 0 Å². The third-order valence-corrected chi connectivity index (χ3v) is 5.13. The minimum absolute atomic E-state index is 0.0562. The van der Waals surface area contributed by atoms with Crippen LogP contribution in [0.25, 0.3) is 11.1 Å². The molecule has 3 rings (SSSR count). The van der Waals surface area contributed by atoms with Gasteiger partial charge < -0.3 is 14.4 Å². The summed E-state index contributed by atoms with van der Waals surface area (Å²) < 4.78 is 11.1. The maximum Gasteiger partial charge on any atom is 0.263 e. The summed E-state index contributed by atoms with van der Waals surface area (Å²) in [6.07, 6.45) is 0.488. The molecule has 5 nitrogen and oxygen atoms in total. The fourth-order valence-corrected chi connectivity index (χ4v) is 3.50. The number of carbonyl (C=O) groups is 1. The van der Waals surface area contributed by atoms with E-state index in [9.17, 15) is 4.79 Å². The van der Waals surface area contributed by atoms with Gasteiger partial charge in [0, 0.05) is 33.3 Å². The second-order valence-electron chi connectivity index (χ2n) is 7.16. The second-order valence-corrected chi connectivity index (χ2v) is 7.16. The van der Waals surface area contributed by atoms with E-state index in [0.717, 1.165) is 57.1 Å². The molecule has 2 aromatic carbocycles. The smallest absolute Gasteiger partial charge is 0.263 e. The van der Waals surface area contributed by atoms with Crippen molar-refractivity contribution in [3.8, 4) is 16.9 Å². The van der Waals surface area contributed by atoms with Crippen LogP contribution in [0.1, 0.15) is 13.3 Å². The Bertz CT molecular complexity index is 733. The molecule has 0 aliphatic carbocycles. The van der Waals surface area contributed by atoms with Crippen molar-refractivity contribution in [2.45, 2.75) is 19.4 Å². The van der Waals surface area contributed by atoms with E-state index in [1.54, 1.807) is 7.11 Å². The number of nitrogens with zero attached hydrogens (tertiary/aromatic N) is 2. The number of carbonyl (C=O) groups excluding carboxylic acids is 1. The first kappa shape index (κ1) is 20.4. The molecule has 1 atom stereocenters. The Hall–Kier alpha value is -2.37. The normalized spacial score (nSPS) is 16.4. The highest BCUT2D eigenvalue weighted by Crippen LogP contribution is 2.23. The van der Waals surface area contributed by atoms with Gasteiger partial charge in [0.25, 0.3) is 5.91 Å². The summed E-state index contributed by atoms with van der Waals surface area (Å²) in [7, 11) is 1.72. The predicted molar refractivity (Wildman–Crippen MR) is 111 cm³/mol. The molecule has 0 spiro atoms. The van der Waals surface area contributed by atoms with Crippen LogP contribution in [0.15, 0.2) is 54.6 Å². The first-order valence-electron chi connectivity index (χ1n) is 9.99. The Kier molecular flexibility index (Phi) is 7.46. The van der Waals surface area contributed by atoms with Crippen LogP contribution in [-0.4, -0.2) is 68.3 Å². The molecule has 1 saturated heterocycles. The van der Waals surface area contributed by atoms with Gasteiger partial charge in [0.1, 0.15) is 5.75 Å². The fraction of sp³-hybridized carbons (Fsp3) is 0.435. The molecule has 0 aromatic heterocycles. The number of hydrogen-bond donors (Lipinski definition) is 0. The molecule has 5 heteroatoms. The van der Waals surface area contributed by atoms with E-state index < -0.39 is 6.10 Å². The average molecular weight is 383 g/mol. The lowest BCUT2D eigenvalue weighted by atomic mass is 10.1. The molecule has 0 bridgehead atoms. The monoisotopic (exact) mass is 382 g/mol. The van der Waals surface area contributed by atoms with Crippen LogP contribution in [0.3, 0.4) is 0 Å². The predicted octanol–water partition coefficient (Wildman–Crippen LogP) is 3.30. The van der Waals surface area contributed by atoms with Crippen LogP contribution in [0.4, 0.5) is 0 Å². The number of rotatable bonds is 7. The second kappa shape index (κ2) is 10.2. The fourth-order valence-electron chi connectivity index (χ4n) is 3.50. The topological polar surface area (TPSA) is 42.0 Å². The molecule has 2 aromatic rings. The van der Waals surface area contributed by atoms with Gasteiger partial charge in [-0.2, -0.15) is 0 Å². The van der Waals surface area contributed by atoms with Gasteiger partial charge in [-0.3, -0.25) is 9.69 Å². The maximum absolute atomic E-state index is 12.8. The molecule has 28 heavy (non-hydrogen) atoms. The third kappa shape index (κ3) is 5.57. The van der Waals surface area contributed by atoms with Crippen molar-refractivity contribution in [2.75, 3.05) is 46.4 Å². The van der Waals surface area contributed by atoms with E-state index in [2.05, 4.69) is 17.0 Å². The lowest BCUT2D eigenvalue weighted by Crippen LogP contribution is -2.42. The minimum atomic E-state index is -0.492. The van der Waals surface area contributed by atoms with E-state index in [-0.39, 0.29) is 5.91 Å². The van der Waals surface area contributed by atoms with Crippen LogP contribution < -0.4 is 4.74 Å². The zero-order valence-corrected chi connectivity index (χ0v) is 16.8. The summed E-state index contributed by atoms with van der Waals surface area (Å²) in [5.74, 6) is 0.776. The Balaban J connectivity index is 1.54. The summed E-state index contributed by atoms with van der Waals surface area (Å²) in [6, 6.07) is 18.1. The average Bonchev–Trinajstić information content (AvgIpc) is 2.98. The number of methoxy groups -OCH3 is 1. The number of amides is 1.